The Kier molecular flexibility index (Phi) is 4.13. The van der Waals surface area contributed by atoms with Crippen LogP contribution in [0.2, 0.25) is 5.02 Å². The molecule has 0 aliphatic rings. The van der Waals surface area contributed by atoms with Crippen LogP contribution in [0, 0.1) is 13.8 Å². The van der Waals surface area contributed by atoms with Crippen LogP contribution in [0.3, 0.4) is 0 Å². The number of benzene rings is 2. The van der Waals surface area contributed by atoms with Gasteiger partial charge < -0.3 is 9.84 Å². The number of hydrogen-bond acceptors (Lipinski definition) is 2. The summed E-state index contributed by atoms with van der Waals surface area (Å²) >= 11 is 5.94. The molecule has 100 valence electrons. The fraction of sp³-hybridized carbons (Fsp3) is 0.250. The van der Waals surface area contributed by atoms with E-state index in [-0.39, 0.29) is 0 Å². The highest BCUT2D eigenvalue weighted by Gasteiger charge is 2.15. The third-order valence-corrected chi connectivity index (χ3v) is 3.53. The number of aliphatic hydroxyl groups is 1. The number of hydrogen-bond donors (Lipinski definition) is 1. The molecule has 0 fully saturated rings. The summed E-state index contributed by atoms with van der Waals surface area (Å²) in [5, 5.41) is 11.2. The van der Waals surface area contributed by atoms with Crippen LogP contribution in [0.5, 0.6) is 5.75 Å². The van der Waals surface area contributed by atoms with Crippen LogP contribution in [0.15, 0.2) is 36.4 Å². The molecule has 0 bridgehead atoms. The zero-order valence-electron chi connectivity index (χ0n) is 11.3. The SMILES string of the molecule is COc1ccc(C(O)c2ccc(Cl)cc2C)c(C)c1. The standard InChI is InChI=1S/C16H17ClO2/c1-10-8-12(17)4-6-14(10)16(18)15-7-5-13(19-3)9-11(15)2/h4-9,16,18H,1-3H3. The first-order valence-corrected chi connectivity index (χ1v) is 6.49. The average Bonchev–Trinajstić information content (AvgIpc) is 2.37. The molecule has 0 aliphatic carbocycles. The van der Waals surface area contributed by atoms with E-state index in [9.17, 15) is 5.11 Å². The van der Waals surface area contributed by atoms with Crippen molar-refractivity contribution in [2.45, 2.75) is 20.0 Å². The first-order chi connectivity index (χ1) is 9.02. The van der Waals surface area contributed by atoms with E-state index >= 15 is 0 Å². The van der Waals surface area contributed by atoms with E-state index in [2.05, 4.69) is 0 Å². The van der Waals surface area contributed by atoms with Crippen LogP contribution < -0.4 is 4.74 Å². The molecule has 0 heterocycles. The Balaban J connectivity index is 2.41. The molecule has 3 heteroatoms. The largest absolute Gasteiger partial charge is 0.497 e. The molecule has 2 nitrogen and oxygen atoms in total. The lowest BCUT2D eigenvalue weighted by atomic mass is 9.94. The van der Waals surface area contributed by atoms with Crippen molar-refractivity contribution in [1.29, 1.82) is 0 Å². The zero-order valence-corrected chi connectivity index (χ0v) is 12.0. The summed E-state index contributed by atoms with van der Waals surface area (Å²) in [4.78, 5) is 0. The summed E-state index contributed by atoms with van der Waals surface area (Å²) in [6.45, 7) is 3.91. The van der Waals surface area contributed by atoms with Crippen molar-refractivity contribution in [3.05, 3.63) is 63.7 Å². The normalized spacial score (nSPS) is 12.3. The topological polar surface area (TPSA) is 29.5 Å². The summed E-state index contributed by atoms with van der Waals surface area (Å²) < 4.78 is 5.18. The van der Waals surface area contributed by atoms with Gasteiger partial charge in [0.2, 0.25) is 0 Å². The summed E-state index contributed by atoms with van der Waals surface area (Å²) in [7, 11) is 1.63. The smallest absolute Gasteiger partial charge is 0.119 e. The molecule has 1 atom stereocenters. The number of halogens is 1. The highest BCUT2D eigenvalue weighted by atomic mass is 35.5. The van der Waals surface area contributed by atoms with Crippen molar-refractivity contribution in [3.63, 3.8) is 0 Å². The Morgan fingerprint density at radius 2 is 1.58 bits per heavy atom. The molecule has 0 saturated heterocycles. The van der Waals surface area contributed by atoms with Crippen LogP contribution in [-0.4, -0.2) is 12.2 Å². The third-order valence-electron chi connectivity index (χ3n) is 3.30. The number of rotatable bonds is 3. The number of aryl methyl sites for hydroxylation is 2. The van der Waals surface area contributed by atoms with E-state index < -0.39 is 6.10 Å². The maximum atomic E-state index is 10.5. The molecule has 0 aliphatic heterocycles. The van der Waals surface area contributed by atoms with E-state index in [0.717, 1.165) is 28.0 Å². The second-order valence-corrected chi connectivity index (χ2v) is 5.06. The predicted octanol–water partition coefficient (Wildman–Crippen LogP) is 4.05. The second-order valence-electron chi connectivity index (χ2n) is 4.63. The highest BCUT2D eigenvalue weighted by molar-refractivity contribution is 6.30. The van der Waals surface area contributed by atoms with Gasteiger partial charge in [0.25, 0.3) is 0 Å². The molecule has 19 heavy (non-hydrogen) atoms. The monoisotopic (exact) mass is 276 g/mol. The van der Waals surface area contributed by atoms with Crippen molar-refractivity contribution < 1.29 is 9.84 Å². The third kappa shape index (κ3) is 2.91. The van der Waals surface area contributed by atoms with Gasteiger partial charge in [-0.3, -0.25) is 0 Å². The molecule has 2 aromatic carbocycles. The predicted molar refractivity (Wildman–Crippen MR) is 78.0 cm³/mol. The van der Waals surface area contributed by atoms with E-state index in [1.165, 1.54) is 0 Å². The van der Waals surface area contributed by atoms with Gasteiger partial charge in [-0.2, -0.15) is 0 Å². The fourth-order valence-corrected chi connectivity index (χ4v) is 2.42. The van der Waals surface area contributed by atoms with Gasteiger partial charge in [-0.15, -0.1) is 0 Å². The van der Waals surface area contributed by atoms with Crippen molar-refractivity contribution >= 4 is 11.6 Å². The first-order valence-electron chi connectivity index (χ1n) is 6.11. The highest BCUT2D eigenvalue weighted by Crippen LogP contribution is 2.30. The summed E-state index contributed by atoms with van der Waals surface area (Å²) in [5.41, 5.74) is 3.74. The van der Waals surface area contributed by atoms with Crippen LogP contribution in [0.25, 0.3) is 0 Å². The Morgan fingerprint density at radius 1 is 1.00 bits per heavy atom. The Hall–Kier alpha value is -1.51. The number of ether oxygens (including phenoxy) is 1. The maximum Gasteiger partial charge on any atom is 0.119 e. The fourth-order valence-electron chi connectivity index (χ4n) is 2.20. The summed E-state index contributed by atoms with van der Waals surface area (Å²) in [6.07, 6.45) is -0.650. The van der Waals surface area contributed by atoms with Crippen LogP contribution in [0.1, 0.15) is 28.4 Å². The van der Waals surface area contributed by atoms with Gasteiger partial charge in [0.1, 0.15) is 11.9 Å². The molecule has 0 spiro atoms. The van der Waals surface area contributed by atoms with Gasteiger partial charge in [-0.05, 0) is 60.4 Å². The molecule has 2 rings (SSSR count). The maximum absolute atomic E-state index is 10.5. The Morgan fingerprint density at radius 3 is 2.11 bits per heavy atom. The van der Waals surface area contributed by atoms with Crippen molar-refractivity contribution in [1.82, 2.24) is 0 Å². The minimum Gasteiger partial charge on any atom is -0.497 e. The molecular weight excluding hydrogens is 260 g/mol. The lowest BCUT2D eigenvalue weighted by Crippen LogP contribution is -2.04. The van der Waals surface area contributed by atoms with Crippen molar-refractivity contribution in [2.75, 3.05) is 7.11 Å². The lowest BCUT2D eigenvalue weighted by molar-refractivity contribution is 0.218. The molecule has 2 aromatic rings. The summed E-state index contributed by atoms with van der Waals surface area (Å²) in [6, 6.07) is 11.2. The van der Waals surface area contributed by atoms with Gasteiger partial charge in [0.15, 0.2) is 0 Å². The lowest BCUT2D eigenvalue weighted by Gasteiger charge is -2.17. The molecule has 1 N–H and O–H groups in total. The van der Waals surface area contributed by atoms with Gasteiger partial charge in [-0.25, -0.2) is 0 Å². The molecule has 0 saturated carbocycles. The Bertz CT molecular complexity index is 593. The molecular formula is C16H17ClO2. The first kappa shape index (κ1) is 13.9. The number of methoxy groups -OCH3 is 1. The van der Waals surface area contributed by atoms with Gasteiger partial charge in [0, 0.05) is 5.02 Å². The average molecular weight is 277 g/mol. The Labute approximate surface area is 118 Å². The molecule has 0 amide bonds. The minimum atomic E-state index is -0.650. The van der Waals surface area contributed by atoms with Crippen LogP contribution >= 0.6 is 11.6 Å². The van der Waals surface area contributed by atoms with Crippen LogP contribution in [-0.2, 0) is 0 Å². The summed E-state index contributed by atoms with van der Waals surface area (Å²) in [5.74, 6) is 0.793. The molecule has 0 aromatic heterocycles. The zero-order chi connectivity index (χ0) is 14.0. The number of aliphatic hydroxyl groups excluding tert-OH is 1. The minimum absolute atomic E-state index is 0.650. The van der Waals surface area contributed by atoms with Gasteiger partial charge in [0.05, 0.1) is 7.11 Å². The van der Waals surface area contributed by atoms with E-state index in [4.69, 9.17) is 16.3 Å². The van der Waals surface area contributed by atoms with Crippen molar-refractivity contribution in [2.24, 2.45) is 0 Å². The van der Waals surface area contributed by atoms with Crippen LogP contribution in [0.4, 0.5) is 0 Å². The van der Waals surface area contributed by atoms with Gasteiger partial charge >= 0.3 is 0 Å². The van der Waals surface area contributed by atoms with E-state index in [1.54, 1.807) is 13.2 Å². The van der Waals surface area contributed by atoms with E-state index in [0.29, 0.717) is 5.02 Å². The molecule has 0 radical (unpaired) electrons. The van der Waals surface area contributed by atoms with Gasteiger partial charge in [-0.1, -0.05) is 23.7 Å². The second kappa shape index (κ2) is 5.64. The van der Waals surface area contributed by atoms with Crippen molar-refractivity contribution in [3.8, 4) is 5.75 Å². The van der Waals surface area contributed by atoms with E-state index in [1.807, 2.05) is 44.2 Å². The quantitative estimate of drug-likeness (QED) is 0.916. The molecule has 1 unspecified atom stereocenters.